The molecule has 1 aromatic carbocycles. The maximum absolute atomic E-state index is 12.6. The Morgan fingerprint density at radius 1 is 1.10 bits per heavy atom. The fourth-order valence-corrected chi connectivity index (χ4v) is 3.85. The van der Waals surface area contributed by atoms with E-state index in [1.165, 1.54) is 5.56 Å². The van der Waals surface area contributed by atoms with Crippen LogP contribution in [-0.4, -0.2) is 21.0 Å². The fraction of sp³-hybridized carbons (Fsp3) is 0.625. The Labute approximate surface area is 129 Å². The van der Waals surface area contributed by atoms with Crippen molar-refractivity contribution in [1.29, 1.82) is 0 Å². The zero-order valence-corrected chi connectivity index (χ0v) is 14.6. The molecule has 0 radical (unpaired) electrons. The van der Waals surface area contributed by atoms with Gasteiger partial charge in [-0.2, -0.15) is 0 Å². The van der Waals surface area contributed by atoms with Crippen molar-refractivity contribution in [1.82, 2.24) is 10.0 Å². The van der Waals surface area contributed by atoms with Crippen molar-refractivity contribution in [2.24, 2.45) is 0 Å². The van der Waals surface area contributed by atoms with Gasteiger partial charge in [-0.15, -0.1) is 0 Å². The summed E-state index contributed by atoms with van der Waals surface area (Å²) in [7, 11) is -1.62. The molecule has 0 aliphatic rings. The molecule has 1 rings (SSSR count). The van der Waals surface area contributed by atoms with Crippen LogP contribution in [0.25, 0.3) is 0 Å². The molecule has 0 aromatic heterocycles. The summed E-state index contributed by atoms with van der Waals surface area (Å²) in [5.41, 5.74) is 1.82. The maximum atomic E-state index is 12.6. The molecule has 0 aliphatic carbocycles. The van der Waals surface area contributed by atoms with Gasteiger partial charge in [0.15, 0.2) is 0 Å². The molecule has 2 N–H and O–H groups in total. The molecule has 0 amide bonds. The van der Waals surface area contributed by atoms with Crippen molar-refractivity contribution in [3.8, 4) is 0 Å². The van der Waals surface area contributed by atoms with E-state index in [2.05, 4.69) is 17.0 Å². The predicted octanol–water partition coefficient (Wildman–Crippen LogP) is 2.83. The minimum atomic E-state index is -3.49. The predicted molar refractivity (Wildman–Crippen MR) is 87.9 cm³/mol. The third-order valence-electron chi connectivity index (χ3n) is 4.18. The zero-order chi connectivity index (χ0) is 16.1. The smallest absolute Gasteiger partial charge is 0.241 e. The average molecular weight is 312 g/mol. The molecule has 0 fully saturated rings. The Balaban J connectivity index is 3.17. The molecule has 120 valence electrons. The Morgan fingerprint density at radius 3 is 2.19 bits per heavy atom. The van der Waals surface area contributed by atoms with Crippen LogP contribution in [0.5, 0.6) is 0 Å². The Morgan fingerprint density at radius 2 is 1.71 bits per heavy atom. The Bertz CT molecular complexity index is 564. The van der Waals surface area contributed by atoms with Crippen molar-refractivity contribution in [2.75, 3.05) is 7.05 Å². The number of hydrogen-bond acceptors (Lipinski definition) is 3. The van der Waals surface area contributed by atoms with Gasteiger partial charge in [-0.05, 0) is 56.5 Å². The van der Waals surface area contributed by atoms with Crippen molar-refractivity contribution in [3.05, 3.63) is 29.3 Å². The van der Waals surface area contributed by atoms with Gasteiger partial charge in [0, 0.05) is 12.1 Å². The molecular formula is C16H28N2O2S. The molecule has 0 atom stereocenters. The molecule has 0 bridgehead atoms. The lowest BCUT2D eigenvalue weighted by atomic mass is 9.98. The highest BCUT2D eigenvalue weighted by Crippen LogP contribution is 2.21. The van der Waals surface area contributed by atoms with Crippen LogP contribution >= 0.6 is 0 Å². The number of hydrogen-bond donors (Lipinski definition) is 2. The number of aryl methyl sites for hydroxylation is 1. The minimum absolute atomic E-state index is 0.345. The lowest BCUT2D eigenvalue weighted by Crippen LogP contribution is -2.44. The molecular weight excluding hydrogens is 284 g/mol. The second kappa shape index (κ2) is 7.38. The summed E-state index contributed by atoms with van der Waals surface area (Å²) in [6.07, 6.45) is 2.42. The summed E-state index contributed by atoms with van der Waals surface area (Å²) >= 11 is 0. The van der Waals surface area contributed by atoms with Gasteiger partial charge in [-0.25, -0.2) is 13.1 Å². The SMILES string of the molecule is CCc1ccc(S(=O)(=O)NC(C)(CC)CC)cc1CNC. The normalized spacial score (nSPS) is 12.6. The van der Waals surface area contributed by atoms with Gasteiger partial charge in [0.2, 0.25) is 10.0 Å². The van der Waals surface area contributed by atoms with Gasteiger partial charge in [0.05, 0.1) is 4.90 Å². The molecule has 0 saturated heterocycles. The highest BCUT2D eigenvalue weighted by molar-refractivity contribution is 7.89. The van der Waals surface area contributed by atoms with Crippen LogP contribution in [-0.2, 0) is 23.0 Å². The zero-order valence-electron chi connectivity index (χ0n) is 13.8. The van der Waals surface area contributed by atoms with E-state index in [1.54, 1.807) is 12.1 Å². The number of sulfonamides is 1. The largest absolute Gasteiger partial charge is 0.316 e. The summed E-state index contributed by atoms with van der Waals surface area (Å²) in [6, 6.07) is 5.39. The summed E-state index contributed by atoms with van der Waals surface area (Å²) in [5.74, 6) is 0. The van der Waals surface area contributed by atoms with Crippen LogP contribution in [0.4, 0.5) is 0 Å². The molecule has 5 heteroatoms. The van der Waals surface area contributed by atoms with Crippen LogP contribution in [0.3, 0.4) is 0 Å². The topological polar surface area (TPSA) is 58.2 Å². The van der Waals surface area contributed by atoms with Gasteiger partial charge in [0.1, 0.15) is 0 Å². The van der Waals surface area contributed by atoms with E-state index in [0.717, 1.165) is 24.8 Å². The lowest BCUT2D eigenvalue weighted by molar-refractivity contribution is 0.388. The van der Waals surface area contributed by atoms with Gasteiger partial charge < -0.3 is 5.32 Å². The van der Waals surface area contributed by atoms with Crippen molar-refractivity contribution in [3.63, 3.8) is 0 Å². The first-order chi connectivity index (χ1) is 9.81. The van der Waals surface area contributed by atoms with Gasteiger partial charge in [-0.3, -0.25) is 0 Å². The average Bonchev–Trinajstić information content (AvgIpc) is 2.47. The first-order valence-electron chi connectivity index (χ1n) is 7.62. The van der Waals surface area contributed by atoms with E-state index in [4.69, 9.17) is 0 Å². The van der Waals surface area contributed by atoms with Crippen LogP contribution in [0.15, 0.2) is 23.1 Å². The van der Waals surface area contributed by atoms with E-state index in [9.17, 15) is 8.42 Å². The summed E-state index contributed by atoms with van der Waals surface area (Å²) in [6.45, 7) is 8.69. The molecule has 0 saturated carbocycles. The summed E-state index contributed by atoms with van der Waals surface area (Å²) < 4.78 is 28.0. The molecule has 0 heterocycles. The van der Waals surface area contributed by atoms with Crippen LogP contribution < -0.4 is 10.0 Å². The number of benzene rings is 1. The molecule has 21 heavy (non-hydrogen) atoms. The van der Waals surface area contributed by atoms with Gasteiger partial charge in [0.25, 0.3) is 0 Å². The third-order valence-corrected chi connectivity index (χ3v) is 5.81. The van der Waals surface area contributed by atoms with Crippen molar-refractivity contribution >= 4 is 10.0 Å². The van der Waals surface area contributed by atoms with Crippen molar-refractivity contribution < 1.29 is 8.42 Å². The van der Waals surface area contributed by atoms with E-state index in [0.29, 0.717) is 11.4 Å². The first kappa shape index (κ1) is 18.1. The Kier molecular flexibility index (Phi) is 6.38. The summed E-state index contributed by atoms with van der Waals surface area (Å²) in [4.78, 5) is 0.345. The second-order valence-electron chi connectivity index (χ2n) is 5.69. The van der Waals surface area contributed by atoms with Crippen LogP contribution in [0.1, 0.15) is 51.7 Å². The van der Waals surface area contributed by atoms with Crippen LogP contribution in [0, 0.1) is 0 Å². The molecule has 4 nitrogen and oxygen atoms in total. The highest BCUT2D eigenvalue weighted by Gasteiger charge is 2.27. The third kappa shape index (κ3) is 4.53. The molecule has 1 aromatic rings. The fourth-order valence-electron chi connectivity index (χ4n) is 2.25. The number of rotatable bonds is 8. The second-order valence-corrected chi connectivity index (χ2v) is 7.37. The van der Waals surface area contributed by atoms with E-state index < -0.39 is 15.6 Å². The van der Waals surface area contributed by atoms with E-state index in [-0.39, 0.29) is 0 Å². The molecule has 0 aliphatic heterocycles. The van der Waals surface area contributed by atoms with Crippen LogP contribution in [0.2, 0.25) is 0 Å². The Hall–Kier alpha value is -0.910. The van der Waals surface area contributed by atoms with Crippen molar-refractivity contribution in [2.45, 2.75) is 63.9 Å². The van der Waals surface area contributed by atoms with E-state index in [1.807, 2.05) is 33.9 Å². The monoisotopic (exact) mass is 312 g/mol. The highest BCUT2D eigenvalue weighted by atomic mass is 32.2. The van der Waals surface area contributed by atoms with Gasteiger partial charge >= 0.3 is 0 Å². The van der Waals surface area contributed by atoms with Gasteiger partial charge in [-0.1, -0.05) is 26.8 Å². The molecule has 0 unspecified atom stereocenters. The van der Waals surface area contributed by atoms with E-state index >= 15 is 0 Å². The number of nitrogens with one attached hydrogen (secondary N) is 2. The minimum Gasteiger partial charge on any atom is -0.316 e. The standard InChI is InChI=1S/C16H28N2O2S/c1-6-13-9-10-15(11-14(13)12-17-5)21(19,20)18-16(4,7-2)8-3/h9-11,17-18H,6-8,12H2,1-5H3. The quantitative estimate of drug-likeness (QED) is 0.776. The molecule has 0 spiro atoms. The lowest BCUT2D eigenvalue weighted by Gasteiger charge is -2.28. The maximum Gasteiger partial charge on any atom is 0.241 e. The first-order valence-corrected chi connectivity index (χ1v) is 9.10. The summed E-state index contributed by atoms with van der Waals surface area (Å²) in [5, 5.41) is 3.09.